The number of rotatable bonds is 5. The molecule has 0 aliphatic rings. The lowest BCUT2D eigenvalue weighted by Gasteiger charge is -2.19. The summed E-state index contributed by atoms with van der Waals surface area (Å²) < 4.78 is 5.17. The molecule has 0 aromatic heterocycles. The van der Waals surface area contributed by atoms with Crippen molar-refractivity contribution in [3.8, 4) is 0 Å². The molecule has 0 fully saturated rings. The van der Waals surface area contributed by atoms with E-state index in [2.05, 4.69) is 10.2 Å². The van der Waals surface area contributed by atoms with Crippen LogP contribution in [0.25, 0.3) is 0 Å². The second-order valence-electron chi connectivity index (χ2n) is 5.30. The Bertz CT molecular complexity index is 413. The molecule has 19 heavy (non-hydrogen) atoms. The molecule has 106 valence electrons. The number of alkyl carbamates (subject to hydrolysis) is 1. The highest BCUT2D eigenvalue weighted by atomic mass is 16.6. The fourth-order valence-corrected chi connectivity index (χ4v) is 1.56. The summed E-state index contributed by atoms with van der Waals surface area (Å²) in [4.78, 5) is 16.1. The van der Waals surface area contributed by atoms with Crippen LogP contribution >= 0.6 is 0 Å². The van der Waals surface area contributed by atoms with E-state index >= 15 is 0 Å². The molecule has 0 aliphatic carbocycles. The monoisotopic (exact) mass is 266 g/mol. The summed E-state index contributed by atoms with van der Waals surface area (Å²) in [6.45, 7) is 6.41. The highest BCUT2D eigenvalue weighted by Gasteiger charge is 2.15. The number of hydrogen-bond donors (Lipinski definition) is 2. The van der Waals surface area contributed by atoms with Crippen LogP contribution < -0.4 is 11.2 Å². The van der Waals surface area contributed by atoms with Crippen LogP contribution in [-0.2, 0) is 22.5 Å². The van der Waals surface area contributed by atoms with Gasteiger partial charge in [-0.05, 0) is 38.3 Å². The average Bonchev–Trinajstić information content (AvgIpc) is 2.32. The van der Waals surface area contributed by atoms with Gasteiger partial charge < -0.3 is 14.9 Å². The van der Waals surface area contributed by atoms with Crippen molar-refractivity contribution < 1.29 is 14.4 Å². The van der Waals surface area contributed by atoms with Gasteiger partial charge in [-0.3, -0.25) is 0 Å². The standard InChI is InChI=1S/C14H22N2O3/c1-14(2,3)19-13(17)16-10-12-6-4-5-11(9-12)7-8-18-15/h4-6,9H,7-8,10,15H2,1-3H3,(H,16,17). The number of hydrogen-bond acceptors (Lipinski definition) is 4. The van der Waals surface area contributed by atoms with Gasteiger partial charge in [0.05, 0.1) is 6.61 Å². The average molecular weight is 266 g/mol. The van der Waals surface area contributed by atoms with E-state index in [0.29, 0.717) is 13.2 Å². The fraction of sp³-hybridized carbons (Fsp3) is 0.500. The summed E-state index contributed by atoms with van der Waals surface area (Å²) in [6, 6.07) is 7.90. The minimum Gasteiger partial charge on any atom is -0.444 e. The van der Waals surface area contributed by atoms with Crippen LogP contribution in [0.5, 0.6) is 0 Å². The Morgan fingerprint density at radius 1 is 1.32 bits per heavy atom. The van der Waals surface area contributed by atoms with Gasteiger partial charge in [-0.2, -0.15) is 0 Å². The van der Waals surface area contributed by atoms with E-state index in [9.17, 15) is 4.79 Å². The number of carbonyl (C=O) groups excluding carboxylic acids is 1. The van der Waals surface area contributed by atoms with Crippen molar-refractivity contribution in [3.63, 3.8) is 0 Å². The van der Waals surface area contributed by atoms with E-state index < -0.39 is 11.7 Å². The molecule has 0 radical (unpaired) electrons. The minimum atomic E-state index is -0.482. The molecule has 0 atom stereocenters. The third kappa shape index (κ3) is 6.79. The van der Waals surface area contributed by atoms with E-state index in [1.165, 1.54) is 0 Å². The molecule has 5 heteroatoms. The Morgan fingerprint density at radius 2 is 2.00 bits per heavy atom. The lowest BCUT2D eigenvalue weighted by molar-refractivity contribution is 0.0523. The number of ether oxygens (including phenoxy) is 1. The van der Waals surface area contributed by atoms with Crippen LogP contribution in [0.3, 0.4) is 0 Å². The quantitative estimate of drug-likeness (QED) is 0.801. The number of amides is 1. The molecular weight excluding hydrogens is 244 g/mol. The summed E-state index contributed by atoms with van der Waals surface area (Å²) >= 11 is 0. The molecule has 0 saturated carbocycles. The first-order valence-electron chi connectivity index (χ1n) is 6.27. The highest BCUT2D eigenvalue weighted by Crippen LogP contribution is 2.08. The molecule has 5 nitrogen and oxygen atoms in total. The first kappa shape index (κ1) is 15.5. The molecule has 1 aromatic rings. The SMILES string of the molecule is CC(C)(C)OC(=O)NCc1cccc(CCON)c1. The number of carbonyl (C=O) groups is 1. The minimum absolute atomic E-state index is 0.414. The smallest absolute Gasteiger partial charge is 0.407 e. The van der Waals surface area contributed by atoms with Crippen molar-refractivity contribution >= 4 is 6.09 Å². The van der Waals surface area contributed by atoms with E-state index in [4.69, 9.17) is 10.6 Å². The zero-order valence-corrected chi connectivity index (χ0v) is 11.7. The molecule has 0 aliphatic heterocycles. The Kier molecular flexibility index (Phi) is 5.79. The molecule has 1 aromatic carbocycles. The normalized spacial score (nSPS) is 11.2. The third-order valence-corrected chi connectivity index (χ3v) is 2.34. The fourth-order valence-electron chi connectivity index (χ4n) is 1.56. The number of nitrogens with two attached hydrogens (primary N) is 1. The van der Waals surface area contributed by atoms with Crippen LogP contribution in [0.4, 0.5) is 4.79 Å². The van der Waals surface area contributed by atoms with Crippen molar-refractivity contribution in [3.05, 3.63) is 35.4 Å². The predicted octanol–water partition coefficient (Wildman–Crippen LogP) is 2.14. The largest absolute Gasteiger partial charge is 0.444 e. The summed E-state index contributed by atoms with van der Waals surface area (Å²) in [6.07, 6.45) is 0.333. The van der Waals surface area contributed by atoms with Crippen LogP contribution in [0.2, 0.25) is 0 Å². The van der Waals surface area contributed by atoms with Gasteiger partial charge in [0.2, 0.25) is 0 Å². The van der Waals surface area contributed by atoms with Crippen molar-refractivity contribution in [1.29, 1.82) is 0 Å². The Hall–Kier alpha value is -1.59. The van der Waals surface area contributed by atoms with Crippen molar-refractivity contribution in [2.45, 2.75) is 39.3 Å². The Balaban J connectivity index is 2.46. The maximum Gasteiger partial charge on any atom is 0.407 e. The zero-order chi connectivity index (χ0) is 14.3. The first-order valence-corrected chi connectivity index (χ1v) is 6.27. The zero-order valence-electron chi connectivity index (χ0n) is 11.7. The third-order valence-electron chi connectivity index (χ3n) is 2.34. The van der Waals surface area contributed by atoms with Gasteiger partial charge in [0, 0.05) is 6.54 Å². The molecule has 0 spiro atoms. The molecule has 0 unspecified atom stereocenters. The summed E-state index contributed by atoms with van der Waals surface area (Å²) in [5.74, 6) is 5.00. The Labute approximate surface area is 114 Å². The van der Waals surface area contributed by atoms with Gasteiger partial charge in [0.25, 0.3) is 0 Å². The van der Waals surface area contributed by atoms with E-state index in [0.717, 1.165) is 17.5 Å². The van der Waals surface area contributed by atoms with Crippen molar-refractivity contribution in [2.24, 2.45) is 5.90 Å². The number of nitrogens with one attached hydrogen (secondary N) is 1. The van der Waals surface area contributed by atoms with Gasteiger partial charge in [-0.1, -0.05) is 24.3 Å². The lowest BCUT2D eigenvalue weighted by atomic mass is 10.1. The molecular formula is C14H22N2O3. The van der Waals surface area contributed by atoms with Crippen LogP contribution in [0.15, 0.2) is 24.3 Å². The Morgan fingerprint density at radius 3 is 2.63 bits per heavy atom. The maximum atomic E-state index is 11.5. The van der Waals surface area contributed by atoms with Gasteiger partial charge in [0.15, 0.2) is 0 Å². The van der Waals surface area contributed by atoms with Gasteiger partial charge >= 0.3 is 6.09 Å². The molecule has 0 saturated heterocycles. The van der Waals surface area contributed by atoms with Gasteiger partial charge in [-0.25, -0.2) is 10.7 Å². The molecule has 1 amide bonds. The molecule has 1 rings (SSSR count). The summed E-state index contributed by atoms with van der Waals surface area (Å²) in [7, 11) is 0. The van der Waals surface area contributed by atoms with E-state index in [1.54, 1.807) is 0 Å². The van der Waals surface area contributed by atoms with Gasteiger partial charge in [-0.15, -0.1) is 0 Å². The second kappa shape index (κ2) is 7.11. The van der Waals surface area contributed by atoms with E-state index in [1.807, 2.05) is 45.0 Å². The lowest BCUT2D eigenvalue weighted by Crippen LogP contribution is -2.32. The molecule has 0 heterocycles. The van der Waals surface area contributed by atoms with Crippen molar-refractivity contribution in [1.82, 2.24) is 5.32 Å². The number of benzene rings is 1. The van der Waals surface area contributed by atoms with Crippen LogP contribution in [0, 0.1) is 0 Å². The summed E-state index contributed by atoms with van der Waals surface area (Å²) in [5, 5.41) is 2.72. The second-order valence-corrected chi connectivity index (χ2v) is 5.30. The van der Waals surface area contributed by atoms with Crippen molar-refractivity contribution in [2.75, 3.05) is 6.61 Å². The maximum absolute atomic E-state index is 11.5. The van der Waals surface area contributed by atoms with Gasteiger partial charge in [0.1, 0.15) is 5.60 Å². The topological polar surface area (TPSA) is 73.6 Å². The summed E-state index contributed by atoms with van der Waals surface area (Å²) in [5.41, 5.74) is 1.65. The predicted molar refractivity (Wildman–Crippen MR) is 73.4 cm³/mol. The molecule has 0 bridgehead atoms. The molecule has 3 N–H and O–H groups in total. The van der Waals surface area contributed by atoms with E-state index in [-0.39, 0.29) is 0 Å². The van der Waals surface area contributed by atoms with Crippen LogP contribution in [-0.4, -0.2) is 18.3 Å². The van der Waals surface area contributed by atoms with Crippen LogP contribution in [0.1, 0.15) is 31.9 Å². The first-order chi connectivity index (χ1) is 8.90. The highest BCUT2D eigenvalue weighted by molar-refractivity contribution is 5.67.